The molecule has 1 saturated carbocycles. The van der Waals surface area contributed by atoms with Crippen LogP contribution in [0, 0.1) is 18.7 Å². The quantitative estimate of drug-likeness (QED) is 0.839. The summed E-state index contributed by atoms with van der Waals surface area (Å²) in [6.45, 7) is 2.83. The van der Waals surface area contributed by atoms with E-state index in [9.17, 15) is 17.6 Å². The van der Waals surface area contributed by atoms with Crippen LogP contribution in [0.3, 0.4) is 0 Å². The van der Waals surface area contributed by atoms with E-state index in [1.165, 1.54) is 29.5 Å². The maximum absolute atomic E-state index is 13.5. The Kier molecular flexibility index (Phi) is 4.71. The Morgan fingerprint density at radius 1 is 1.30 bits per heavy atom. The molecule has 1 fully saturated rings. The third-order valence-electron chi connectivity index (χ3n) is 5.32. The Balaban J connectivity index is 1.54. The zero-order valence-electron chi connectivity index (χ0n) is 15.0. The second kappa shape index (κ2) is 6.91. The lowest BCUT2D eigenvalue weighted by Gasteiger charge is -2.33. The Hall–Kier alpha value is -1.93. The lowest BCUT2D eigenvalue weighted by atomic mass is 9.84. The predicted molar refractivity (Wildman–Crippen MR) is 103 cm³/mol. The zero-order chi connectivity index (χ0) is 19.2. The van der Waals surface area contributed by atoms with Crippen LogP contribution in [0.1, 0.15) is 35.3 Å². The van der Waals surface area contributed by atoms with Gasteiger partial charge in [-0.15, -0.1) is 11.3 Å². The van der Waals surface area contributed by atoms with Crippen LogP contribution < -0.4 is 4.72 Å². The monoisotopic (exact) mass is 408 g/mol. The third kappa shape index (κ3) is 3.60. The molecule has 4 rings (SSSR count). The molecule has 0 bridgehead atoms. The molecule has 2 heterocycles. The van der Waals surface area contributed by atoms with Crippen LogP contribution in [0.2, 0.25) is 0 Å². The van der Waals surface area contributed by atoms with E-state index in [1.807, 2.05) is 4.90 Å². The number of amides is 1. The second-order valence-electron chi connectivity index (χ2n) is 7.22. The number of nitrogens with one attached hydrogen (secondary N) is 1. The zero-order valence-corrected chi connectivity index (χ0v) is 16.6. The van der Waals surface area contributed by atoms with Gasteiger partial charge in [-0.25, -0.2) is 12.8 Å². The number of hydrogen-bond donors (Lipinski definition) is 1. The maximum Gasteiger partial charge on any atom is 0.271 e. The molecule has 0 radical (unpaired) electrons. The summed E-state index contributed by atoms with van der Waals surface area (Å²) in [5, 5.41) is 0. The highest BCUT2D eigenvalue weighted by Gasteiger charge is 2.32. The van der Waals surface area contributed by atoms with Crippen LogP contribution in [-0.4, -0.2) is 25.8 Å². The first-order chi connectivity index (χ1) is 12.8. The van der Waals surface area contributed by atoms with Gasteiger partial charge in [-0.3, -0.25) is 9.52 Å². The fourth-order valence-corrected chi connectivity index (χ4v) is 6.10. The molecule has 144 valence electrons. The van der Waals surface area contributed by atoms with E-state index in [2.05, 4.69) is 4.72 Å². The van der Waals surface area contributed by atoms with Gasteiger partial charge in [0.15, 0.2) is 0 Å². The average Bonchev–Trinajstić information content (AvgIpc) is 3.00. The SMILES string of the molecule is Cc1ccc(F)cc1NS(=O)(=O)c1cc2c(s1)CCN(C(=O)C1CCC1)C2. The highest BCUT2D eigenvalue weighted by molar-refractivity contribution is 7.94. The normalized spacial score (nSPS) is 17.3. The number of sulfonamides is 1. The van der Waals surface area contributed by atoms with Gasteiger partial charge in [0.1, 0.15) is 10.0 Å². The van der Waals surface area contributed by atoms with Crippen molar-refractivity contribution in [1.82, 2.24) is 4.90 Å². The number of nitrogens with zero attached hydrogens (tertiary/aromatic N) is 1. The van der Waals surface area contributed by atoms with Crippen LogP contribution in [0.5, 0.6) is 0 Å². The predicted octanol–water partition coefficient (Wildman–Crippen LogP) is 3.68. The minimum absolute atomic E-state index is 0.144. The molecule has 1 aliphatic carbocycles. The first-order valence-electron chi connectivity index (χ1n) is 9.03. The fourth-order valence-electron chi connectivity index (χ4n) is 3.44. The smallest absolute Gasteiger partial charge is 0.271 e. The number of thiophene rings is 1. The Morgan fingerprint density at radius 2 is 2.07 bits per heavy atom. The van der Waals surface area contributed by atoms with Gasteiger partial charge < -0.3 is 4.90 Å². The van der Waals surface area contributed by atoms with E-state index in [4.69, 9.17) is 0 Å². The summed E-state index contributed by atoms with van der Waals surface area (Å²) in [7, 11) is -3.80. The number of fused-ring (bicyclic) bond motifs is 1. The minimum atomic E-state index is -3.80. The number of rotatable bonds is 4. The van der Waals surface area contributed by atoms with Crippen molar-refractivity contribution >= 4 is 33.0 Å². The molecule has 2 aromatic rings. The number of carbonyl (C=O) groups is 1. The molecule has 0 unspecified atom stereocenters. The fraction of sp³-hybridized carbons (Fsp3) is 0.421. The molecule has 0 spiro atoms. The lowest BCUT2D eigenvalue weighted by Crippen LogP contribution is -2.41. The van der Waals surface area contributed by atoms with Gasteiger partial charge in [0.05, 0.1) is 5.69 Å². The summed E-state index contributed by atoms with van der Waals surface area (Å²) in [6.07, 6.45) is 3.71. The minimum Gasteiger partial charge on any atom is -0.338 e. The molecule has 2 aliphatic rings. The number of hydrogen-bond acceptors (Lipinski definition) is 4. The van der Waals surface area contributed by atoms with Crippen molar-refractivity contribution in [1.29, 1.82) is 0 Å². The molecule has 1 aliphatic heterocycles. The van der Waals surface area contributed by atoms with Gasteiger partial charge in [-0.1, -0.05) is 12.5 Å². The van der Waals surface area contributed by atoms with Crippen molar-refractivity contribution < 1.29 is 17.6 Å². The number of carbonyl (C=O) groups excluding carboxylic acids is 1. The molecule has 27 heavy (non-hydrogen) atoms. The number of anilines is 1. The number of halogens is 1. The van der Waals surface area contributed by atoms with Crippen LogP contribution >= 0.6 is 11.3 Å². The molecule has 0 saturated heterocycles. The molecule has 5 nitrogen and oxygen atoms in total. The molecule has 1 amide bonds. The third-order valence-corrected chi connectivity index (χ3v) is 8.40. The first-order valence-corrected chi connectivity index (χ1v) is 11.3. The maximum atomic E-state index is 13.5. The highest BCUT2D eigenvalue weighted by atomic mass is 32.2. The lowest BCUT2D eigenvalue weighted by molar-refractivity contribution is -0.139. The van der Waals surface area contributed by atoms with Crippen LogP contribution in [0.15, 0.2) is 28.5 Å². The van der Waals surface area contributed by atoms with E-state index in [-0.39, 0.29) is 21.7 Å². The van der Waals surface area contributed by atoms with Crippen LogP contribution in [-0.2, 0) is 27.8 Å². The van der Waals surface area contributed by atoms with Crippen molar-refractivity contribution in [3.05, 3.63) is 46.1 Å². The van der Waals surface area contributed by atoms with Crippen molar-refractivity contribution in [3.8, 4) is 0 Å². The van der Waals surface area contributed by atoms with Gasteiger partial charge in [-0.2, -0.15) is 0 Å². The van der Waals surface area contributed by atoms with Gasteiger partial charge in [0.25, 0.3) is 10.0 Å². The first kappa shape index (κ1) is 18.4. The van der Waals surface area contributed by atoms with E-state index < -0.39 is 15.8 Å². The molecular weight excluding hydrogens is 387 g/mol. The van der Waals surface area contributed by atoms with Gasteiger partial charge >= 0.3 is 0 Å². The Labute approximate surface area is 162 Å². The summed E-state index contributed by atoms with van der Waals surface area (Å²) in [6, 6.07) is 5.66. The Morgan fingerprint density at radius 3 is 2.78 bits per heavy atom. The molecule has 8 heteroatoms. The summed E-state index contributed by atoms with van der Waals surface area (Å²) >= 11 is 1.23. The molecular formula is C19H21FN2O3S2. The van der Waals surface area contributed by atoms with E-state index in [0.29, 0.717) is 25.1 Å². The highest BCUT2D eigenvalue weighted by Crippen LogP contribution is 2.35. The number of aryl methyl sites for hydroxylation is 1. The molecule has 1 N–H and O–H groups in total. The van der Waals surface area contributed by atoms with Crippen LogP contribution in [0.4, 0.5) is 10.1 Å². The second-order valence-corrected chi connectivity index (χ2v) is 10.3. The standard InChI is InChI=1S/C19H21FN2O3S2/c1-12-5-6-15(20)10-16(12)21-27(24,25)18-9-14-11-22(8-7-17(14)26-18)19(23)13-3-2-4-13/h5-6,9-10,13,21H,2-4,7-8,11H2,1H3. The van der Waals surface area contributed by atoms with Gasteiger partial charge in [-0.05, 0) is 55.5 Å². The molecule has 0 atom stereocenters. The van der Waals surface area contributed by atoms with Gasteiger partial charge in [0.2, 0.25) is 5.91 Å². The van der Waals surface area contributed by atoms with E-state index in [0.717, 1.165) is 29.7 Å². The summed E-state index contributed by atoms with van der Waals surface area (Å²) < 4.78 is 41.7. The Bertz CT molecular complexity index is 996. The summed E-state index contributed by atoms with van der Waals surface area (Å²) in [4.78, 5) is 15.3. The van der Waals surface area contributed by atoms with Gasteiger partial charge in [0, 0.05) is 23.9 Å². The van der Waals surface area contributed by atoms with Crippen molar-refractivity contribution in [2.75, 3.05) is 11.3 Å². The largest absolute Gasteiger partial charge is 0.338 e. The van der Waals surface area contributed by atoms with Crippen molar-refractivity contribution in [2.45, 2.75) is 43.4 Å². The summed E-state index contributed by atoms with van der Waals surface area (Å²) in [5.74, 6) is -0.157. The topological polar surface area (TPSA) is 66.5 Å². The van der Waals surface area contributed by atoms with E-state index >= 15 is 0 Å². The summed E-state index contributed by atoms with van der Waals surface area (Å²) in [5.41, 5.74) is 1.79. The van der Waals surface area contributed by atoms with Crippen LogP contribution in [0.25, 0.3) is 0 Å². The van der Waals surface area contributed by atoms with E-state index in [1.54, 1.807) is 13.0 Å². The molecule has 1 aromatic carbocycles. The average molecular weight is 409 g/mol. The van der Waals surface area contributed by atoms with Crippen molar-refractivity contribution in [2.24, 2.45) is 5.92 Å². The van der Waals surface area contributed by atoms with Crippen molar-refractivity contribution in [3.63, 3.8) is 0 Å². The number of benzene rings is 1. The molecule has 1 aromatic heterocycles.